The van der Waals surface area contributed by atoms with Gasteiger partial charge in [-0.3, -0.25) is 9.97 Å². The van der Waals surface area contributed by atoms with E-state index in [1.165, 1.54) is 12.8 Å². The lowest BCUT2D eigenvalue weighted by Gasteiger charge is -2.04. The van der Waals surface area contributed by atoms with Gasteiger partial charge in [0.05, 0.1) is 12.2 Å². The van der Waals surface area contributed by atoms with E-state index in [0.717, 1.165) is 22.9 Å². The number of hydrogen-bond donors (Lipinski definition) is 1. The number of thiazole rings is 1. The van der Waals surface area contributed by atoms with E-state index < -0.39 is 0 Å². The van der Waals surface area contributed by atoms with E-state index in [4.69, 9.17) is 0 Å². The summed E-state index contributed by atoms with van der Waals surface area (Å²) in [6.07, 6.45) is 7.55. The monoisotopic (exact) mass is 232 g/mol. The Kier molecular flexibility index (Phi) is 2.63. The minimum absolute atomic E-state index is 0.440. The van der Waals surface area contributed by atoms with Crippen molar-refractivity contribution in [3.63, 3.8) is 0 Å². The zero-order valence-electron chi connectivity index (χ0n) is 8.76. The molecule has 0 amide bonds. The Balaban J connectivity index is 1.87. The van der Waals surface area contributed by atoms with Crippen molar-refractivity contribution < 1.29 is 0 Å². The molecule has 2 aromatic heterocycles. The Morgan fingerprint density at radius 2 is 2.31 bits per heavy atom. The summed E-state index contributed by atoms with van der Waals surface area (Å²) in [5.74, 6) is 0. The molecule has 5 heteroatoms. The van der Waals surface area contributed by atoms with Gasteiger partial charge in [0, 0.05) is 17.8 Å². The Labute approximate surface area is 97.8 Å². The summed E-state index contributed by atoms with van der Waals surface area (Å²) in [7, 11) is 0. The van der Waals surface area contributed by atoms with E-state index in [9.17, 15) is 0 Å². The van der Waals surface area contributed by atoms with Crippen LogP contribution >= 0.6 is 11.3 Å². The molecule has 1 atom stereocenters. The van der Waals surface area contributed by atoms with Gasteiger partial charge in [0.25, 0.3) is 0 Å². The third kappa shape index (κ3) is 1.83. The van der Waals surface area contributed by atoms with Crippen LogP contribution in [0.4, 0.5) is 0 Å². The van der Waals surface area contributed by atoms with Crippen molar-refractivity contribution in [2.24, 2.45) is 0 Å². The summed E-state index contributed by atoms with van der Waals surface area (Å²) in [6, 6.07) is 0.440. The zero-order valence-corrected chi connectivity index (χ0v) is 9.57. The van der Waals surface area contributed by atoms with Gasteiger partial charge in [0.1, 0.15) is 16.4 Å². The van der Waals surface area contributed by atoms with Gasteiger partial charge < -0.3 is 5.32 Å². The quantitative estimate of drug-likeness (QED) is 0.860. The van der Waals surface area contributed by atoms with Gasteiger partial charge in [-0.05, 0) is 19.4 Å². The van der Waals surface area contributed by atoms with Crippen LogP contribution in [0.1, 0.15) is 23.9 Å². The fourth-order valence-corrected chi connectivity index (χ4v) is 2.81. The molecule has 1 saturated heterocycles. The van der Waals surface area contributed by atoms with Crippen molar-refractivity contribution in [3.8, 4) is 11.4 Å². The molecule has 0 radical (unpaired) electrons. The van der Waals surface area contributed by atoms with Crippen LogP contribution < -0.4 is 5.32 Å². The fraction of sp³-hybridized carbons (Fsp3) is 0.364. The third-order valence-electron chi connectivity index (χ3n) is 2.71. The molecule has 1 aliphatic rings. The summed E-state index contributed by atoms with van der Waals surface area (Å²) < 4.78 is 0. The Hall–Kier alpha value is -1.33. The number of rotatable bonds is 2. The number of nitrogens with one attached hydrogen (secondary N) is 1. The van der Waals surface area contributed by atoms with Crippen LogP contribution in [0.2, 0.25) is 0 Å². The second kappa shape index (κ2) is 4.27. The van der Waals surface area contributed by atoms with Gasteiger partial charge in [-0.15, -0.1) is 11.3 Å². The number of aromatic nitrogens is 3. The maximum atomic E-state index is 4.62. The van der Waals surface area contributed by atoms with Crippen LogP contribution in [-0.4, -0.2) is 21.5 Å². The first kappa shape index (κ1) is 9.86. The predicted molar refractivity (Wildman–Crippen MR) is 63.1 cm³/mol. The highest BCUT2D eigenvalue weighted by atomic mass is 32.1. The molecule has 82 valence electrons. The SMILES string of the molecule is c1cnc(-c2csc(C3CCCN3)n2)cn1. The summed E-state index contributed by atoms with van der Waals surface area (Å²) in [6.45, 7) is 1.10. The molecule has 0 saturated carbocycles. The van der Waals surface area contributed by atoms with E-state index in [1.54, 1.807) is 29.9 Å². The molecule has 1 aliphatic heterocycles. The minimum Gasteiger partial charge on any atom is -0.308 e. The molecule has 1 N–H and O–H groups in total. The summed E-state index contributed by atoms with van der Waals surface area (Å²) in [4.78, 5) is 12.9. The molecule has 16 heavy (non-hydrogen) atoms. The summed E-state index contributed by atoms with van der Waals surface area (Å²) in [5.41, 5.74) is 1.78. The van der Waals surface area contributed by atoms with Crippen LogP contribution in [0.3, 0.4) is 0 Å². The fourth-order valence-electron chi connectivity index (χ4n) is 1.89. The molecule has 4 nitrogen and oxygen atoms in total. The van der Waals surface area contributed by atoms with Crippen molar-refractivity contribution in [1.29, 1.82) is 0 Å². The van der Waals surface area contributed by atoms with Crippen molar-refractivity contribution in [2.45, 2.75) is 18.9 Å². The Morgan fingerprint density at radius 3 is 3.06 bits per heavy atom. The first-order valence-corrected chi connectivity index (χ1v) is 6.26. The average molecular weight is 232 g/mol. The smallest absolute Gasteiger partial charge is 0.110 e. The largest absolute Gasteiger partial charge is 0.308 e. The molecule has 1 unspecified atom stereocenters. The Bertz CT molecular complexity index is 462. The van der Waals surface area contributed by atoms with Crippen LogP contribution in [0.5, 0.6) is 0 Å². The van der Waals surface area contributed by atoms with E-state index in [0.29, 0.717) is 6.04 Å². The highest BCUT2D eigenvalue weighted by molar-refractivity contribution is 7.10. The van der Waals surface area contributed by atoms with Gasteiger partial charge in [-0.2, -0.15) is 0 Å². The second-order valence-corrected chi connectivity index (χ2v) is 4.70. The standard InChI is InChI=1S/C11H12N4S/c1-2-8(13-3-1)11-15-10(7-16-11)9-6-12-4-5-14-9/h4-8,13H,1-3H2. The molecule has 0 spiro atoms. The Morgan fingerprint density at radius 1 is 1.31 bits per heavy atom. The van der Waals surface area contributed by atoms with Crippen molar-refractivity contribution in [1.82, 2.24) is 20.3 Å². The van der Waals surface area contributed by atoms with Crippen LogP contribution in [0, 0.1) is 0 Å². The maximum Gasteiger partial charge on any atom is 0.110 e. The molecule has 3 rings (SSSR count). The minimum atomic E-state index is 0.440. The molecule has 2 aromatic rings. The average Bonchev–Trinajstić information content (AvgIpc) is 3.01. The maximum absolute atomic E-state index is 4.62. The highest BCUT2D eigenvalue weighted by Gasteiger charge is 2.19. The summed E-state index contributed by atoms with van der Waals surface area (Å²) >= 11 is 1.70. The van der Waals surface area contributed by atoms with Gasteiger partial charge in [-0.25, -0.2) is 4.98 Å². The lowest BCUT2D eigenvalue weighted by molar-refractivity contribution is 0.643. The predicted octanol–water partition coefficient (Wildman–Crippen LogP) is 2.02. The van der Waals surface area contributed by atoms with E-state index in [-0.39, 0.29) is 0 Å². The van der Waals surface area contributed by atoms with E-state index in [2.05, 4.69) is 25.6 Å². The third-order valence-corrected chi connectivity index (χ3v) is 3.66. The zero-order chi connectivity index (χ0) is 10.8. The van der Waals surface area contributed by atoms with Gasteiger partial charge in [0.2, 0.25) is 0 Å². The molecule has 3 heterocycles. The van der Waals surface area contributed by atoms with Crippen LogP contribution in [-0.2, 0) is 0 Å². The van der Waals surface area contributed by atoms with Crippen LogP contribution in [0.25, 0.3) is 11.4 Å². The lowest BCUT2D eigenvalue weighted by Crippen LogP contribution is -2.12. The van der Waals surface area contributed by atoms with Crippen molar-refractivity contribution >= 4 is 11.3 Å². The van der Waals surface area contributed by atoms with Gasteiger partial charge in [0.15, 0.2) is 0 Å². The first-order chi connectivity index (χ1) is 7.93. The van der Waals surface area contributed by atoms with Crippen molar-refractivity contribution in [2.75, 3.05) is 6.54 Å². The molecule has 0 aliphatic carbocycles. The van der Waals surface area contributed by atoms with E-state index >= 15 is 0 Å². The molecular formula is C11H12N4S. The van der Waals surface area contributed by atoms with Crippen molar-refractivity contribution in [3.05, 3.63) is 29.0 Å². The molecule has 0 bridgehead atoms. The normalized spacial score (nSPS) is 20.1. The lowest BCUT2D eigenvalue weighted by atomic mass is 10.2. The molecule has 0 aromatic carbocycles. The summed E-state index contributed by atoms with van der Waals surface area (Å²) in [5, 5.41) is 6.67. The molecular weight excluding hydrogens is 220 g/mol. The number of nitrogens with zero attached hydrogens (tertiary/aromatic N) is 3. The second-order valence-electron chi connectivity index (χ2n) is 3.81. The number of hydrogen-bond acceptors (Lipinski definition) is 5. The van der Waals surface area contributed by atoms with Crippen LogP contribution in [0.15, 0.2) is 24.0 Å². The first-order valence-electron chi connectivity index (χ1n) is 5.39. The van der Waals surface area contributed by atoms with Gasteiger partial charge >= 0.3 is 0 Å². The highest BCUT2D eigenvalue weighted by Crippen LogP contribution is 2.28. The molecule has 1 fully saturated rings. The topological polar surface area (TPSA) is 50.7 Å². The van der Waals surface area contributed by atoms with Gasteiger partial charge in [-0.1, -0.05) is 0 Å². The van der Waals surface area contributed by atoms with E-state index in [1.807, 2.05) is 0 Å².